The minimum Gasteiger partial charge on any atom is -0.338 e. The highest BCUT2D eigenvalue weighted by Gasteiger charge is 2.27. The average molecular weight is 312 g/mol. The molecule has 1 atom stereocenters. The second-order valence-electron chi connectivity index (χ2n) is 5.18. The van der Waals surface area contributed by atoms with Crippen LogP contribution in [0.25, 0.3) is 10.1 Å². The van der Waals surface area contributed by atoms with Gasteiger partial charge in [-0.05, 0) is 42.3 Å². The number of hydrogen-bond acceptors (Lipinski definition) is 2. The van der Waals surface area contributed by atoms with Gasteiger partial charge in [0.25, 0.3) is 5.91 Å². The lowest BCUT2D eigenvalue weighted by molar-refractivity contribution is 0.0792. The zero-order valence-electron chi connectivity index (χ0n) is 10.9. The van der Waals surface area contributed by atoms with Gasteiger partial charge in [0.15, 0.2) is 0 Å². The first-order chi connectivity index (χ1) is 9.67. The molecule has 0 aliphatic carbocycles. The monoisotopic (exact) mass is 311 g/mol. The van der Waals surface area contributed by atoms with Crippen LogP contribution in [0, 0.1) is 11.7 Å². The summed E-state index contributed by atoms with van der Waals surface area (Å²) in [5.41, 5.74) is 0. The number of halogens is 2. The SMILES string of the molecule is O=C(c1cc2ccc(F)cc2s1)N1CCC(CCCl)C1. The molecule has 1 aliphatic rings. The summed E-state index contributed by atoms with van der Waals surface area (Å²) in [6.07, 6.45) is 1.99. The molecule has 0 spiro atoms. The normalized spacial score (nSPS) is 18.9. The van der Waals surface area contributed by atoms with E-state index < -0.39 is 0 Å². The Morgan fingerprint density at radius 1 is 1.45 bits per heavy atom. The number of likely N-dealkylation sites (tertiary alicyclic amines) is 1. The van der Waals surface area contributed by atoms with Gasteiger partial charge in [0, 0.05) is 23.7 Å². The number of fused-ring (bicyclic) bond motifs is 1. The molecule has 0 bridgehead atoms. The molecule has 0 saturated carbocycles. The average Bonchev–Trinajstić information content (AvgIpc) is 3.04. The fourth-order valence-corrected chi connectivity index (χ4v) is 4.04. The van der Waals surface area contributed by atoms with Gasteiger partial charge in [-0.2, -0.15) is 0 Å². The summed E-state index contributed by atoms with van der Waals surface area (Å²) in [5.74, 6) is 0.961. The third-order valence-electron chi connectivity index (χ3n) is 3.78. The number of nitrogens with zero attached hydrogens (tertiary/aromatic N) is 1. The van der Waals surface area contributed by atoms with Crippen LogP contribution in [0.5, 0.6) is 0 Å². The van der Waals surface area contributed by atoms with Crippen molar-refractivity contribution < 1.29 is 9.18 Å². The molecule has 2 heterocycles. The minimum absolute atomic E-state index is 0.0590. The Bertz CT molecular complexity index is 642. The summed E-state index contributed by atoms with van der Waals surface area (Å²) in [5, 5.41) is 0.927. The Labute approximate surface area is 126 Å². The molecule has 3 rings (SSSR count). The highest BCUT2D eigenvalue weighted by Crippen LogP contribution is 2.29. The summed E-state index contributed by atoms with van der Waals surface area (Å²) in [4.78, 5) is 15.0. The van der Waals surface area contributed by atoms with Crippen molar-refractivity contribution in [2.24, 2.45) is 5.92 Å². The Morgan fingerprint density at radius 2 is 2.30 bits per heavy atom. The van der Waals surface area contributed by atoms with Crippen LogP contribution in [0.15, 0.2) is 24.3 Å². The van der Waals surface area contributed by atoms with E-state index in [1.807, 2.05) is 11.0 Å². The number of rotatable bonds is 3. The number of hydrogen-bond donors (Lipinski definition) is 0. The predicted octanol–water partition coefficient (Wildman–Crippen LogP) is 4.13. The van der Waals surface area contributed by atoms with Crippen LogP contribution in [-0.2, 0) is 0 Å². The molecule has 0 N–H and O–H groups in total. The third kappa shape index (κ3) is 2.67. The van der Waals surface area contributed by atoms with Gasteiger partial charge in [0.05, 0.1) is 4.88 Å². The van der Waals surface area contributed by atoms with Gasteiger partial charge in [0.1, 0.15) is 5.82 Å². The fourth-order valence-electron chi connectivity index (χ4n) is 2.67. The van der Waals surface area contributed by atoms with Crippen molar-refractivity contribution in [3.63, 3.8) is 0 Å². The lowest BCUT2D eigenvalue weighted by atomic mass is 10.1. The summed E-state index contributed by atoms with van der Waals surface area (Å²) in [6, 6.07) is 6.49. The Balaban J connectivity index is 1.79. The van der Waals surface area contributed by atoms with E-state index >= 15 is 0 Å². The first-order valence-electron chi connectivity index (χ1n) is 6.71. The molecular weight excluding hydrogens is 297 g/mol. The van der Waals surface area contributed by atoms with Crippen LogP contribution >= 0.6 is 22.9 Å². The lowest BCUT2D eigenvalue weighted by Gasteiger charge is -2.15. The molecule has 5 heteroatoms. The molecule has 2 aromatic rings. The van der Waals surface area contributed by atoms with E-state index in [9.17, 15) is 9.18 Å². The van der Waals surface area contributed by atoms with Crippen molar-refractivity contribution in [2.75, 3.05) is 19.0 Å². The van der Waals surface area contributed by atoms with Crippen LogP contribution in [-0.4, -0.2) is 29.8 Å². The van der Waals surface area contributed by atoms with Crippen LogP contribution in [0.4, 0.5) is 4.39 Å². The molecule has 1 aliphatic heterocycles. The number of carbonyl (C=O) groups excluding carboxylic acids is 1. The van der Waals surface area contributed by atoms with Gasteiger partial charge in [-0.3, -0.25) is 4.79 Å². The van der Waals surface area contributed by atoms with Gasteiger partial charge in [-0.15, -0.1) is 22.9 Å². The number of thiophene rings is 1. The molecular formula is C15H15ClFNOS. The van der Waals surface area contributed by atoms with Crippen molar-refractivity contribution in [2.45, 2.75) is 12.8 Å². The Morgan fingerprint density at radius 3 is 3.10 bits per heavy atom. The summed E-state index contributed by atoms with van der Waals surface area (Å²) < 4.78 is 14.0. The summed E-state index contributed by atoms with van der Waals surface area (Å²) in [7, 11) is 0. The number of amides is 1. The van der Waals surface area contributed by atoms with E-state index in [0.717, 1.165) is 36.0 Å². The summed E-state index contributed by atoms with van der Waals surface area (Å²) >= 11 is 7.12. The molecule has 1 unspecified atom stereocenters. The van der Waals surface area contributed by atoms with Crippen LogP contribution in [0.2, 0.25) is 0 Å². The molecule has 1 saturated heterocycles. The molecule has 20 heavy (non-hydrogen) atoms. The second kappa shape index (κ2) is 5.70. The van der Waals surface area contributed by atoms with Gasteiger partial charge >= 0.3 is 0 Å². The van der Waals surface area contributed by atoms with Gasteiger partial charge in [-0.1, -0.05) is 6.07 Å². The molecule has 1 aromatic heterocycles. The highest BCUT2D eigenvalue weighted by atomic mass is 35.5. The van der Waals surface area contributed by atoms with Crippen LogP contribution < -0.4 is 0 Å². The van der Waals surface area contributed by atoms with Crippen molar-refractivity contribution in [1.82, 2.24) is 4.90 Å². The van der Waals surface area contributed by atoms with Gasteiger partial charge in [0.2, 0.25) is 0 Å². The summed E-state index contributed by atoms with van der Waals surface area (Å²) in [6.45, 7) is 1.58. The molecule has 1 aromatic carbocycles. The van der Waals surface area contributed by atoms with E-state index in [-0.39, 0.29) is 11.7 Å². The Kier molecular flexibility index (Phi) is 3.94. The number of carbonyl (C=O) groups is 1. The van der Waals surface area contributed by atoms with Crippen molar-refractivity contribution in [3.8, 4) is 0 Å². The predicted molar refractivity (Wildman–Crippen MR) is 81.1 cm³/mol. The van der Waals surface area contributed by atoms with Crippen molar-refractivity contribution in [1.29, 1.82) is 0 Å². The van der Waals surface area contributed by atoms with Crippen molar-refractivity contribution >= 4 is 38.9 Å². The topological polar surface area (TPSA) is 20.3 Å². The zero-order chi connectivity index (χ0) is 14.1. The Hall–Kier alpha value is -1.13. The number of alkyl halides is 1. The maximum absolute atomic E-state index is 13.2. The van der Waals surface area contributed by atoms with Crippen LogP contribution in [0.3, 0.4) is 0 Å². The maximum atomic E-state index is 13.2. The minimum atomic E-state index is -0.262. The van der Waals surface area contributed by atoms with E-state index in [4.69, 9.17) is 11.6 Å². The zero-order valence-corrected chi connectivity index (χ0v) is 12.5. The van der Waals surface area contributed by atoms with E-state index in [0.29, 0.717) is 16.7 Å². The first-order valence-corrected chi connectivity index (χ1v) is 8.07. The fraction of sp³-hybridized carbons (Fsp3) is 0.400. The van der Waals surface area contributed by atoms with Gasteiger partial charge in [-0.25, -0.2) is 4.39 Å². The smallest absolute Gasteiger partial charge is 0.263 e. The van der Waals surface area contributed by atoms with E-state index in [1.54, 1.807) is 6.07 Å². The molecule has 2 nitrogen and oxygen atoms in total. The quantitative estimate of drug-likeness (QED) is 0.780. The molecule has 1 fully saturated rings. The molecule has 106 valence electrons. The number of benzene rings is 1. The first kappa shape index (κ1) is 13.8. The molecule has 1 amide bonds. The molecule has 0 radical (unpaired) electrons. The van der Waals surface area contributed by atoms with E-state index in [2.05, 4.69) is 0 Å². The van der Waals surface area contributed by atoms with Gasteiger partial charge < -0.3 is 4.90 Å². The largest absolute Gasteiger partial charge is 0.338 e. The van der Waals surface area contributed by atoms with Crippen molar-refractivity contribution in [3.05, 3.63) is 35.0 Å². The highest BCUT2D eigenvalue weighted by molar-refractivity contribution is 7.20. The lowest BCUT2D eigenvalue weighted by Crippen LogP contribution is -2.28. The van der Waals surface area contributed by atoms with E-state index in [1.165, 1.54) is 23.5 Å². The maximum Gasteiger partial charge on any atom is 0.263 e. The second-order valence-corrected chi connectivity index (χ2v) is 6.64. The third-order valence-corrected chi connectivity index (χ3v) is 5.09. The standard InChI is InChI=1S/C15H15ClFNOS/c16-5-3-10-4-6-18(9-10)15(19)14-7-11-1-2-12(17)8-13(11)20-14/h1-2,7-8,10H,3-6,9H2. The van der Waals surface area contributed by atoms with Crippen LogP contribution in [0.1, 0.15) is 22.5 Å².